The monoisotopic (exact) mass is 516 g/mol. The van der Waals surface area contributed by atoms with Crippen molar-refractivity contribution in [3.05, 3.63) is 35.9 Å². The minimum Gasteiger partial charge on any atom is -0.381 e. The summed E-state index contributed by atoms with van der Waals surface area (Å²) in [5, 5.41) is 22.1. The smallest absolute Gasteiger partial charge is 0.251 e. The van der Waals surface area contributed by atoms with E-state index in [1.165, 1.54) is 0 Å². The summed E-state index contributed by atoms with van der Waals surface area (Å²) in [6.45, 7) is 11.8. The van der Waals surface area contributed by atoms with Gasteiger partial charge in [0.1, 0.15) is 6.04 Å². The highest BCUT2D eigenvalue weighted by Crippen LogP contribution is 2.21. The standard InChI is InChI=1S/C28H44N4O5/c1-27(2,3)17-22(33)30-21(15-18-11-8-7-9-12-18)25(36)31-20(16-19-13-10-14-29-24(19)35)23(34)26(37)32-28(4,5)6/h7-9,11-12,19-21,23,34H,10,13-17H2,1-6H3,(H,29,35)(H,30,33)(H,31,36)(H,32,37)/t19-,20+,21+,23?/m1/s1. The van der Waals surface area contributed by atoms with Gasteiger partial charge in [-0.05, 0) is 51.0 Å². The van der Waals surface area contributed by atoms with Crippen LogP contribution < -0.4 is 21.3 Å². The Balaban J connectivity index is 2.27. The first-order chi connectivity index (χ1) is 17.1. The van der Waals surface area contributed by atoms with Crippen molar-refractivity contribution in [2.75, 3.05) is 6.54 Å². The lowest BCUT2D eigenvalue weighted by Gasteiger charge is -2.32. The molecule has 1 aromatic carbocycles. The largest absolute Gasteiger partial charge is 0.381 e. The van der Waals surface area contributed by atoms with Gasteiger partial charge in [-0.1, -0.05) is 51.1 Å². The summed E-state index contributed by atoms with van der Waals surface area (Å²) in [6.07, 6.45) is 0.380. The third-order valence-electron chi connectivity index (χ3n) is 6.04. The number of carbonyl (C=O) groups is 4. The lowest BCUT2D eigenvalue weighted by Crippen LogP contribution is -2.58. The first-order valence-electron chi connectivity index (χ1n) is 13.1. The first kappa shape index (κ1) is 30.3. The number of hydrogen-bond donors (Lipinski definition) is 5. The van der Waals surface area contributed by atoms with Crippen molar-refractivity contribution in [2.45, 2.75) is 97.4 Å². The van der Waals surface area contributed by atoms with Gasteiger partial charge in [-0.15, -0.1) is 0 Å². The van der Waals surface area contributed by atoms with Crippen molar-refractivity contribution < 1.29 is 24.3 Å². The number of nitrogens with one attached hydrogen (secondary N) is 4. The Labute approximate surface area is 220 Å². The van der Waals surface area contributed by atoms with E-state index in [2.05, 4.69) is 21.3 Å². The van der Waals surface area contributed by atoms with Gasteiger partial charge < -0.3 is 26.4 Å². The third-order valence-corrected chi connectivity index (χ3v) is 6.04. The lowest BCUT2D eigenvalue weighted by molar-refractivity contribution is -0.137. The molecule has 0 bridgehead atoms. The summed E-state index contributed by atoms with van der Waals surface area (Å²) in [5.74, 6) is -2.02. The van der Waals surface area contributed by atoms with E-state index in [1.54, 1.807) is 20.8 Å². The van der Waals surface area contributed by atoms with Crippen LogP contribution in [0.3, 0.4) is 0 Å². The molecule has 0 spiro atoms. The summed E-state index contributed by atoms with van der Waals surface area (Å²) < 4.78 is 0. The van der Waals surface area contributed by atoms with Crippen LogP contribution in [0.2, 0.25) is 0 Å². The molecule has 37 heavy (non-hydrogen) atoms. The highest BCUT2D eigenvalue weighted by Gasteiger charge is 2.36. The molecule has 1 aliphatic heterocycles. The quantitative estimate of drug-likeness (QED) is 0.323. The van der Waals surface area contributed by atoms with Crippen molar-refractivity contribution >= 4 is 23.6 Å². The van der Waals surface area contributed by atoms with E-state index >= 15 is 0 Å². The predicted octanol–water partition coefficient (Wildman–Crippen LogP) is 1.83. The molecule has 9 heteroatoms. The Morgan fingerprint density at radius 1 is 1.03 bits per heavy atom. The molecule has 5 N–H and O–H groups in total. The summed E-state index contributed by atoms with van der Waals surface area (Å²) in [6, 6.07) is 7.38. The molecule has 4 amide bonds. The topological polar surface area (TPSA) is 137 Å². The molecule has 1 aliphatic rings. The van der Waals surface area contributed by atoms with Crippen LogP contribution in [0.4, 0.5) is 0 Å². The highest BCUT2D eigenvalue weighted by atomic mass is 16.3. The number of piperidine rings is 1. The molecule has 1 fully saturated rings. The zero-order valence-corrected chi connectivity index (χ0v) is 23.0. The fraction of sp³-hybridized carbons (Fsp3) is 0.643. The van der Waals surface area contributed by atoms with Gasteiger partial charge in [-0.25, -0.2) is 0 Å². The van der Waals surface area contributed by atoms with E-state index in [-0.39, 0.29) is 36.5 Å². The van der Waals surface area contributed by atoms with Gasteiger partial charge in [0.2, 0.25) is 17.7 Å². The van der Waals surface area contributed by atoms with Crippen LogP contribution in [0.1, 0.15) is 72.8 Å². The molecule has 0 aromatic heterocycles. The van der Waals surface area contributed by atoms with Gasteiger partial charge in [0, 0.05) is 30.8 Å². The van der Waals surface area contributed by atoms with E-state index < -0.39 is 41.5 Å². The van der Waals surface area contributed by atoms with Crippen LogP contribution in [0.15, 0.2) is 30.3 Å². The minimum absolute atomic E-state index is 0.101. The van der Waals surface area contributed by atoms with Gasteiger partial charge in [0.05, 0.1) is 6.04 Å². The van der Waals surface area contributed by atoms with Crippen molar-refractivity contribution in [1.82, 2.24) is 21.3 Å². The number of carbonyl (C=O) groups excluding carboxylic acids is 4. The Morgan fingerprint density at radius 3 is 2.24 bits per heavy atom. The number of aliphatic hydroxyl groups excluding tert-OH is 1. The van der Waals surface area contributed by atoms with Gasteiger partial charge in [0.25, 0.3) is 5.91 Å². The summed E-state index contributed by atoms with van der Waals surface area (Å²) >= 11 is 0. The Kier molecular flexibility index (Phi) is 10.7. The maximum atomic E-state index is 13.5. The van der Waals surface area contributed by atoms with Crippen molar-refractivity contribution in [2.24, 2.45) is 11.3 Å². The molecular weight excluding hydrogens is 472 g/mol. The number of rotatable bonds is 10. The fourth-order valence-corrected chi connectivity index (χ4v) is 4.33. The number of benzene rings is 1. The third kappa shape index (κ3) is 10.9. The van der Waals surface area contributed by atoms with E-state index in [1.807, 2.05) is 51.1 Å². The number of aliphatic hydroxyl groups is 1. The van der Waals surface area contributed by atoms with Crippen molar-refractivity contribution in [3.8, 4) is 0 Å². The van der Waals surface area contributed by atoms with Crippen LogP contribution in [0.25, 0.3) is 0 Å². The normalized spacial score (nSPS) is 18.7. The molecule has 0 radical (unpaired) electrons. The fourth-order valence-electron chi connectivity index (χ4n) is 4.33. The molecule has 1 heterocycles. The van der Waals surface area contributed by atoms with Crippen LogP contribution >= 0.6 is 0 Å². The number of amides is 4. The van der Waals surface area contributed by atoms with Crippen LogP contribution in [0, 0.1) is 11.3 Å². The van der Waals surface area contributed by atoms with Gasteiger partial charge in [-0.3, -0.25) is 19.2 Å². The second-order valence-corrected chi connectivity index (χ2v) is 12.2. The van der Waals surface area contributed by atoms with Crippen LogP contribution in [-0.2, 0) is 25.6 Å². The average molecular weight is 517 g/mol. The summed E-state index contributed by atoms with van der Waals surface area (Å²) in [5.41, 5.74) is -0.00496. The predicted molar refractivity (Wildman–Crippen MR) is 142 cm³/mol. The Morgan fingerprint density at radius 2 is 1.68 bits per heavy atom. The Bertz CT molecular complexity index is 936. The molecule has 4 atom stereocenters. The molecule has 9 nitrogen and oxygen atoms in total. The molecule has 206 valence electrons. The van der Waals surface area contributed by atoms with Gasteiger partial charge in [-0.2, -0.15) is 0 Å². The number of hydrogen-bond acceptors (Lipinski definition) is 5. The zero-order valence-electron chi connectivity index (χ0n) is 23.0. The van der Waals surface area contributed by atoms with E-state index in [9.17, 15) is 24.3 Å². The molecule has 1 saturated heterocycles. The SMILES string of the molecule is CC(C)(C)CC(=O)N[C@@H](Cc1ccccc1)C(=O)N[C@@H](C[C@H]1CCCNC1=O)C(O)C(=O)NC(C)(C)C. The maximum absolute atomic E-state index is 13.5. The average Bonchev–Trinajstić information content (AvgIpc) is 2.77. The molecular formula is C28H44N4O5. The summed E-state index contributed by atoms with van der Waals surface area (Å²) in [7, 11) is 0. The molecule has 0 aliphatic carbocycles. The van der Waals surface area contributed by atoms with E-state index in [0.717, 1.165) is 12.0 Å². The van der Waals surface area contributed by atoms with Crippen LogP contribution in [-0.4, -0.2) is 59.0 Å². The maximum Gasteiger partial charge on any atom is 0.251 e. The van der Waals surface area contributed by atoms with E-state index in [4.69, 9.17) is 0 Å². The van der Waals surface area contributed by atoms with Crippen LogP contribution in [0.5, 0.6) is 0 Å². The van der Waals surface area contributed by atoms with E-state index in [0.29, 0.717) is 13.0 Å². The molecule has 2 rings (SSSR count). The second kappa shape index (κ2) is 13.0. The molecule has 0 saturated carbocycles. The zero-order chi connectivity index (χ0) is 27.8. The van der Waals surface area contributed by atoms with Crippen molar-refractivity contribution in [1.29, 1.82) is 0 Å². The Hall–Kier alpha value is -2.94. The van der Waals surface area contributed by atoms with Crippen molar-refractivity contribution in [3.63, 3.8) is 0 Å². The lowest BCUT2D eigenvalue weighted by atomic mass is 9.88. The molecule has 1 unspecified atom stereocenters. The van der Waals surface area contributed by atoms with Gasteiger partial charge in [0.15, 0.2) is 6.10 Å². The highest BCUT2D eigenvalue weighted by molar-refractivity contribution is 5.89. The second-order valence-electron chi connectivity index (χ2n) is 12.2. The first-order valence-corrected chi connectivity index (χ1v) is 13.1. The summed E-state index contributed by atoms with van der Waals surface area (Å²) in [4.78, 5) is 51.5. The van der Waals surface area contributed by atoms with Gasteiger partial charge >= 0.3 is 0 Å². The molecule has 1 aromatic rings. The minimum atomic E-state index is -1.57.